The first-order valence-electron chi connectivity index (χ1n) is 12.6. The Labute approximate surface area is 216 Å². The van der Waals surface area contributed by atoms with Crippen LogP contribution in [0, 0.1) is 17.2 Å². The molecule has 37 heavy (non-hydrogen) atoms. The highest BCUT2D eigenvalue weighted by Gasteiger charge is 2.18. The molecule has 2 aliphatic heterocycles. The molecule has 0 spiro atoms. The van der Waals surface area contributed by atoms with E-state index in [-0.39, 0.29) is 11.6 Å². The van der Waals surface area contributed by atoms with Crippen LogP contribution < -0.4 is 10.3 Å². The lowest BCUT2D eigenvalue weighted by molar-refractivity contribution is 0.159. The summed E-state index contributed by atoms with van der Waals surface area (Å²) in [5.41, 5.74) is 3.35. The summed E-state index contributed by atoms with van der Waals surface area (Å²) in [7, 11) is 2.16. The second-order valence-corrected chi connectivity index (χ2v) is 9.75. The molecule has 4 heterocycles. The van der Waals surface area contributed by atoms with Crippen LogP contribution >= 0.6 is 0 Å². The molecule has 1 unspecified atom stereocenters. The molecule has 0 N–H and O–H groups in total. The number of benzene rings is 1. The minimum absolute atomic E-state index is 0.0904. The summed E-state index contributed by atoms with van der Waals surface area (Å²) in [5.74, 6) is 1.87. The number of aromatic nitrogens is 3. The Balaban J connectivity index is 1.25. The molecule has 0 radical (unpaired) electrons. The molecule has 5 rings (SSSR count). The summed E-state index contributed by atoms with van der Waals surface area (Å²) in [6, 6.07) is 13.3. The van der Waals surface area contributed by atoms with E-state index in [0.29, 0.717) is 42.6 Å². The Morgan fingerprint density at radius 2 is 1.95 bits per heavy atom. The van der Waals surface area contributed by atoms with Crippen molar-refractivity contribution in [1.82, 2.24) is 19.4 Å². The minimum Gasteiger partial charge on any atom is -0.490 e. The number of dihydropyridines is 1. The zero-order valence-corrected chi connectivity index (χ0v) is 21.0. The molecule has 0 amide bonds. The third kappa shape index (κ3) is 6.19. The lowest BCUT2D eigenvalue weighted by Crippen LogP contribution is -2.32. The van der Waals surface area contributed by atoms with Crippen molar-refractivity contribution in [2.24, 2.45) is 10.9 Å². The van der Waals surface area contributed by atoms with Gasteiger partial charge in [-0.2, -0.15) is 5.26 Å². The first kappa shape index (κ1) is 24.6. The highest BCUT2D eigenvalue weighted by Crippen LogP contribution is 2.27. The zero-order valence-electron chi connectivity index (χ0n) is 21.0. The van der Waals surface area contributed by atoms with E-state index in [0.717, 1.165) is 42.6 Å². The van der Waals surface area contributed by atoms with Gasteiger partial charge in [0, 0.05) is 36.0 Å². The molecule has 0 aliphatic carbocycles. The predicted octanol–water partition coefficient (Wildman–Crippen LogP) is 4.04. The number of pyridine rings is 1. The molecule has 2 aromatic heterocycles. The Bertz CT molecular complexity index is 1390. The number of nitrogens with zero attached hydrogens (tertiary/aromatic N) is 6. The van der Waals surface area contributed by atoms with Gasteiger partial charge in [-0.1, -0.05) is 18.2 Å². The van der Waals surface area contributed by atoms with Crippen molar-refractivity contribution in [2.75, 3.05) is 26.7 Å². The first-order chi connectivity index (χ1) is 18.1. The summed E-state index contributed by atoms with van der Waals surface area (Å²) >= 11 is 0. The highest BCUT2D eigenvalue weighted by atomic mass is 16.5. The van der Waals surface area contributed by atoms with Crippen molar-refractivity contribution in [1.29, 1.82) is 5.26 Å². The van der Waals surface area contributed by atoms with Crippen LogP contribution in [0.2, 0.25) is 0 Å². The number of hydrogen-bond acceptors (Lipinski definition) is 7. The van der Waals surface area contributed by atoms with Crippen LogP contribution in [0.3, 0.4) is 0 Å². The largest absolute Gasteiger partial charge is 0.490 e. The van der Waals surface area contributed by atoms with Gasteiger partial charge in [-0.3, -0.25) is 9.79 Å². The lowest BCUT2D eigenvalue weighted by atomic mass is 9.98. The molecule has 0 bridgehead atoms. The van der Waals surface area contributed by atoms with Crippen LogP contribution in [0.25, 0.3) is 11.4 Å². The van der Waals surface area contributed by atoms with E-state index in [2.05, 4.69) is 33.0 Å². The average Bonchev–Trinajstić information content (AvgIpc) is 2.94. The Kier molecular flexibility index (Phi) is 7.52. The van der Waals surface area contributed by atoms with E-state index in [4.69, 9.17) is 4.74 Å². The van der Waals surface area contributed by atoms with Crippen LogP contribution in [0.4, 0.5) is 0 Å². The fourth-order valence-electron chi connectivity index (χ4n) is 4.71. The molecule has 1 fully saturated rings. The number of allylic oxidation sites excluding steroid dienone is 1. The molecule has 1 saturated heterocycles. The van der Waals surface area contributed by atoms with Gasteiger partial charge in [0.25, 0.3) is 5.56 Å². The molecule has 1 atom stereocenters. The van der Waals surface area contributed by atoms with Crippen LogP contribution in [-0.2, 0) is 6.54 Å². The number of piperidine rings is 1. The van der Waals surface area contributed by atoms with E-state index in [1.165, 1.54) is 0 Å². The van der Waals surface area contributed by atoms with Gasteiger partial charge < -0.3 is 14.2 Å². The van der Waals surface area contributed by atoms with E-state index >= 15 is 0 Å². The van der Waals surface area contributed by atoms with Crippen molar-refractivity contribution in [3.8, 4) is 23.2 Å². The number of rotatable bonds is 7. The summed E-state index contributed by atoms with van der Waals surface area (Å²) in [6.07, 6.45) is 11.5. The van der Waals surface area contributed by atoms with Crippen molar-refractivity contribution in [2.45, 2.75) is 31.8 Å². The Morgan fingerprint density at radius 3 is 2.73 bits per heavy atom. The van der Waals surface area contributed by atoms with Crippen molar-refractivity contribution >= 4 is 6.21 Å². The molecule has 3 aromatic rings. The van der Waals surface area contributed by atoms with E-state index in [9.17, 15) is 10.1 Å². The van der Waals surface area contributed by atoms with Crippen molar-refractivity contribution in [3.63, 3.8) is 0 Å². The molecule has 8 heteroatoms. The smallest absolute Gasteiger partial charge is 0.250 e. The summed E-state index contributed by atoms with van der Waals surface area (Å²) < 4.78 is 7.63. The quantitative estimate of drug-likeness (QED) is 0.492. The SMILES string of the molecule is CN1CCC(COc2cnc(-c3cccc(Cn4cc(C5CC(C#N)=CC=N5)ccc4=O)c3)nc2)CC1. The maximum Gasteiger partial charge on any atom is 0.250 e. The highest BCUT2D eigenvalue weighted by molar-refractivity contribution is 5.75. The number of hydrogen-bond donors (Lipinski definition) is 0. The van der Waals surface area contributed by atoms with Gasteiger partial charge >= 0.3 is 0 Å². The normalized spacial score (nSPS) is 18.3. The number of aliphatic imine (C=N–C) groups is 1. The average molecular weight is 495 g/mol. The monoisotopic (exact) mass is 494 g/mol. The first-order valence-corrected chi connectivity index (χ1v) is 12.6. The third-order valence-corrected chi connectivity index (χ3v) is 6.98. The van der Waals surface area contributed by atoms with Crippen LogP contribution in [-0.4, -0.2) is 52.4 Å². The van der Waals surface area contributed by atoms with Gasteiger partial charge in [0.1, 0.15) is 0 Å². The number of nitriles is 1. The van der Waals surface area contributed by atoms with E-state index in [1.54, 1.807) is 41.4 Å². The second-order valence-electron chi connectivity index (χ2n) is 9.75. The van der Waals surface area contributed by atoms with Crippen molar-refractivity contribution in [3.05, 3.63) is 88.1 Å². The van der Waals surface area contributed by atoms with Gasteiger partial charge in [-0.25, -0.2) is 9.97 Å². The summed E-state index contributed by atoms with van der Waals surface area (Å²) in [4.78, 5) is 28.5. The topological polar surface area (TPSA) is 96.4 Å². The fourth-order valence-corrected chi connectivity index (χ4v) is 4.71. The van der Waals surface area contributed by atoms with Gasteiger partial charge in [0.15, 0.2) is 11.6 Å². The molecule has 1 aromatic carbocycles. The number of ether oxygens (including phenoxy) is 1. The molecule has 2 aliphatic rings. The molecular weight excluding hydrogens is 464 g/mol. The Hall–Kier alpha value is -4.09. The molecule has 188 valence electrons. The van der Waals surface area contributed by atoms with Gasteiger partial charge in [-0.05, 0) is 68.2 Å². The van der Waals surface area contributed by atoms with Gasteiger partial charge in [-0.15, -0.1) is 0 Å². The van der Waals surface area contributed by atoms with Gasteiger partial charge in [0.05, 0.1) is 37.7 Å². The minimum atomic E-state index is -0.161. The summed E-state index contributed by atoms with van der Waals surface area (Å²) in [5, 5.41) is 9.22. The van der Waals surface area contributed by atoms with Crippen LogP contribution in [0.5, 0.6) is 5.75 Å². The third-order valence-electron chi connectivity index (χ3n) is 6.98. The molecule has 8 nitrogen and oxygen atoms in total. The zero-order chi connectivity index (χ0) is 25.6. The second kappa shape index (κ2) is 11.3. The van der Waals surface area contributed by atoms with Crippen LogP contribution in [0.1, 0.15) is 36.4 Å². The fraction of sp³-hybridized carbons (Fsp3) is 0.345. The maximum atomic E-state index is 12.6. The summed E-state index contributed by atoms with van der Waals surface area (Å²) in [6.45, 7) is 3.34. The maximum absolute atomic E-state index is 12.6. The predicted molar refractivity (Wildman–Crippen MR) is 143 cm³/mol. The molecular formula is C29H30N6O2. The van der Waals surface area contributed by atoms with Gasteiger partial charge in [0.2, 0.25) is 0 Å². The molecule has 0 saturated carbocycles. The standard InChI is InChI=1S/C29H30N6O2/c1-34-11-8-21(9-12-34)20-37-26-16-32-29(33-17-26)24-4-2-3-23(13-24)18-35-19-25(5-6-28(35)36)27-14-22(15-30)7-10-31-27/h2-7,10,13,16-17,19,21,27H,8-9,11-12,14,18,20H2,1H3. The van der Waals surface area contributed by atoms with Crippen molar-refractivity contribution < 1.29 is 4.74 Å². The lowest BCUT2D eigenvalue weighted by Gasteiger charge is -2.28. The van der Waals surface area contributed by atoms with Crippen LogP contribution in [0.15, 0.2) is 76.4 Å². The Morgan fingerprint density at radius 1 is 1.14 bits per heavy atom. The van der Waals surface area contributed by atoms with E-state index < -0.39 is 0 Å². The van der Waals surface area contributed by atoms with E-state index in [1.807, 2.05) is 30.5 Å². The number of likely N-dealkylation sites (tertiary alicyclic amines) is 1.